The van der Waals surface area contributed by atoms with E-state index < -0.39 is 0 Å². The highest BCUT2D eigenvalue weighted by Crippen LogP contribution is 2.36. The van der Waals surface area contributed by atoms with Crippen molar-refractivity contribution >= 4 is 34.9 Å². The van der Waals surface area contributed by atoms with Crippen molar-refractivity contribution in [3.63, 3.8) is 0 Å². The lowest BCUT2D eigenvalue weighted by molar-refractivity contribution is -0.140. The standard InChI is InChI=1S/C16H19ClN2O2S/c1-5-21-15(20)14-10(2)13(18(3)16(22)19(14)4)11-6-8-12(17)9-7-11/h6-9,13H,5H2,1-4H3/t13-/m1/s1. The lowest BCUT2D eigenvalue weighted by Crippen LogP contribution is -2.47. The Labute approximate surface area is 141 Å². The molecule has 118 valence electrons. The molecule has 4 nitrogen and oxygen atoms in total. The number of carbonyl (C=O) groups is 1. The van der Waals surface area contributed by atoms with Gasteiger partial charge in [-0.3, -0.25) is 0 Å². The minimum absolute atomic E-state index is 0.111. The summed E-state index contributed by atoms with van der Waals surface area (Å²) in [6, 6.07) is 7.46. The van der Waals surface area contributed by atoms with Crippen LogP contribution in [0, 0.1) is 0 Å². The fourth-order valence-corrected chi connectivity index (χ4v) is 3.07. The van der Waals surface area contributed by atoms with Crippen LogP contribution in [0.2, 0.25) is 5.02 Å². The molecule has 2 rings (SSSR count). The largest absolute Gasteiger partial charge is 0.461 e. The Morgan fingerprint density at radius 3 is 2.45 bits per heavy atom. The van der Waals surface area contributed by atoms with Gasteiger partial charge >= 0.3 is 5.97 Å². The van der Waals surface area contributed by atoms with Gasteiger partial charge in [0.05, 0.1) is 12.6 Å². The summed E-state index contributed by atoms with van der Waals surface area (Å²) in [5.41, 5.74) is 2.44. The molecule has 1 heterocycles. The third-order valence-corrected chi connectivity index (χ3v) is 4.56. The van der Waals surface area contributed by atoms with Gasteiger partial charge in [-0.15, -0.1) is 0 Å². The molecule has 1 aliphatic heterocycles. The smallest absolute Gasteiger partial charge is 0.355 e. The Morgan fingerprint density at radius 2 is 1.91 bits per heavy atom. The van der Waals surface area contributed by atoms with Gasteiger partial charge in [-0.25, -0.2) is 4.79 Å². The predicted molar refractivity (Wildman–Crippen MR) is 91.7 cm³/mol. The number of benzene rings is 1. The molecular formula is C16H19ClN2O2S. The highest BCUT2D eigenvalue weighted by atomic mass is 35.5. The molecule has 1 aliphatic rings. The Balaban J connectivity index is 2.53. The lowest BCUT2D eigenvalue weighted by Gasteiger charge is -2.41. The zero-order chi connectivity index (χ0) is 16.4. The van der Waals surface area contributed by atoms with Gasteiger partial charge in [0.15, 0.2) is 5.11 Å². The average molecular weight is 339 g/mol. The van der Waals surface area contributed by atoms with E-state index in [1.165, 1.54) is 0 Å². The second-order valence-corrected chi connectivity index (χ2v) is 5.96. The van der Waals surface area contributed by atoms with Gasteiger partial charge in [0, 0.05) is 19.1 Å². The topological polar surface area (TPSA) is 32.8 Å². The summed E-state index contributed by atoms with van der Waals surface area (Å²) in [6.07, 6.45) is 0. The number of esters is 1. The first-order valence-electron chi connectivity index (χ1n) is 7.02. The van der Waals surface area contributed by atoms with E-state index in [-0.39, 0.29) is 12.0 Å². The predicted octanol–water partition coefficient (Wildman–Crippen LogP) is 3.38. The molecule has 22 heavy (non-hydrogen) atoms. The zero-order valence-corrected chi connectivity index (χ0v) is 14.7. The molecule has 0 fully saturated rings. The van der Waals surface area contributed by atoms with Gasteiger partial charge in [-0.05, 0) is 49.3 Å². The van der Waals surface area contributed by atoms with Gasteiger partial charge in [0.2, 0.25) is 0 Å². The number of rotatable bonds is 3. The fourth-order valence-electron chi connectivity index (χ4n) is 2.74. The van der Waals surface area contributed by atoms with E-state index in [1.807, 2.05) is 43.1 Å². The molecule has 0 aromatic heterocycles. The first-order chi connectivity index (χ1) is 10.4. The van der Waals surface area contributed by atoms with Gasteiger partial charge in [0.1, 0.15) is 5.70 Å². The summed E-state index contributed by atoms with van der Waals surface area (Å²) in [5.74, 6) is -0.350. The monoisotopic (exact) mass is 338 g/mol. The maximum Gasteiger partial charge on any atom is 0.355 e. The fraction of sp³-hybridized carbons (Fsp3) is 0.375. The highest BCUT2D eigenvalue weighted by Gasteiger charge is 2.35. The Hall–Kier alpha value is -1.59. The van der Waals surface area contributed by atoms with Crippen molar-refractivity contribution in [2.45, 2.75) is 19.9 Å². The second kappa shape index (κ2) is 6.67. The van der Waals surface area contributed by atoms with E-state index in [0.717, 1.165) is 11.1 Å². The summed E-state index contributed by atoms with van der Waals surface area (Å²) in [7, 11) is 3.70. The van der Waals surface area contributed by atoms with Gasteiger partial charge < -0.3 is 14.5 Å². The third kappa shape index (κ3) is 2.96. The molecule has 0 N–H and O–H groups in total. The maximum absolute atomic E-state index is 12.3. The van der Waals surface area contributed by atoms with Crippen LogP contribution in [0.4, 0.5) is 0 Å². The number of hydrogen-bond acceptors (Lipinski definition) is 3. The molecule has 0 saturated carbocycles. The number of carbonyl (C=O) groups excluding carboxylic acids is 1. The number of hydrogen-bond donors (Lipinski definition) is 0. The summed E-state index contributed by atoms with van der Waals surface area (Å²) in [6.45, 7) is 4.05. The molecule has 0 bridgehead atoms. The molecule has 6 heteroatoms. The van der Waals surface area contributed by atoms with Gasteiger partial charge in [0.25, 0.3) is 0 Å². The molecule has 1 aromatic rings. The van der Waals surface area contributed by atoms with Crippen molar-refractivity contribution in [3.05, 3.63) is 46.1 Å². The number of nitrogens with zero attached hydrogens (tertiary/aromatic N) is 2. The van der Waals surface area contributed by atoms with Crippen molar-refractivity contribution in [1.82, 2.24) is 9.80 Å². The van der Waals surface area contributed by atoms with E-state index >= 15 is 0 Å². The average Bonchev–Trinajstić information content (AvgIpc) is 2.47. The van der Waals surface area contributed by atoms with E-state index in [2.05, 4.69) is 0 Å². The Morgan fingerprint density at radius 1 is 1.32 bits per heavy atom. The van der Waals surface area contributed by atoms with Crippen LogP contribution in [-0.2, 0) is 9.53 Å². The number of thiocarbonyl (C=S) groups is 1. The highest BCUT2D eigenvalue weighted by molar-refractivity contribution is 7.80. The van der Waals surface area contributed by atoms with E-state index in [9.17, 15) is 4.79 Å². The first kappa shape index (κ1) is 16.8. The van der Waals surface area contributed by atoms with Crippen LogP contribution >= 0.6 is 23.8 Å². The van der Waals surface area contributed by atoms with Crippen LogP contribution in [0.5, 0.6) is 0 Å². The summed E-state index contributed by atoms with van der Waals surface area (Å²) >= 11 is 11.4. The first-order valence-corrected chi connectivity index (χ1v) is 7.81. The minimum Gasteiger partial charge on any atom is -0.461 e. The van der Waals surface area contributed by atoms with E-state index in [4.69, 9.17) is 28.6 Å². The molecule has 1 aromatic carbocycles. The molecule has 0 saturated heterocycles. The summed E-state index contributed by atoms with van der Waals surface area (Å²) < 4.78 is 5.17. The quantitative estimate of drug-likeness (QED) is 0.623. The van der Waals surface area contributed by atoms with Crippen molar-refractivity contribution in [2.75, 3.05) is 20.7 Å². The summed E-state index contributed by atoms with van der Waals surface area (Å²) in [5, 5.41) is 1.25. The SMILES string of the molecule is CCOC(=O)C1=C(C)[C@H](c2ccc(Cl)cc2)N(C)C(=S)N1C. The Kier molecular flexibility index (Phi) is 5.08. The maximum atomic E-state index is 12.3. The van der Waals surface area contributed by atoms with E-state index in [0.29, 0.717) is 22.4 Å². The third-order valence-electron chi connectivity index (χ3n) is 3.75. The molecule has 0 amide bonds. The lowest BCUT2D eigenvalue weighted by atomic mass is 9.95. The van der Waals surface area contributed by atoms with Crippen LogP contribution in [-0.4, -0.2) is 41.6 Å². The number of ether oxygens (including phenoxy) is 1. The van der Waals surface area contributed by atoms with Crippen LogP contribution in [0.1, 0.15) is 25.5 Å². The second-order valence-electron chi connectivity index (χ2n) is 5.16. The molecular weight excluding hydrogens is 320 g/mol. The number of halogens is 1. The van der Waals surface area contributed by atoms with Crippen LogP contribution in [0.3, 0.4) is 0 Å². The van der Waals surface area contributed by atoms with Crippen molar-refractivity contribution < 1.29 is 9.53 Å². The molecule has 0 spiro atoms. The minimum atomic E-state index is -0.350. The van der Waals surface area contributed by atoms with Crippen molar-refractivity contribution in [3.8, 4) is 0 Å². The van der Waals surface area contributed by atoms with E-state index in [1.54, 1.807) is 18.9 Å². The molecule has 0 unspecified atom stereocenters. The number of likely N-dealkylation sites (N-methyl/N-ethyl adjacent to an activating group) is 2. The van der Waals surface area contributed by atoms with Crippen molar-refractivity contribution in [2.24, 2.45) is 0 Å². The van der Waals surface area contributed by atoms with Gasteiger partial charge in [-0.1, -0.05) is 23.7 Å². The van der Waals surface area contributed by atoms with Crippen LogP contribution < -0.4 is 0 Å². The summed E-state index contributed by atoms with van der Waals surface area (Å²) in [4.78, 5) is 16.0. The Bertz CT molecular complexity index is 628. The zero-order valence-electron chi connectivity index (χ0n) is 13.1. The molecule has 0 aliphatic carbocycles. The van der Waals surface area contributed by atoms with Crippen LogP contribution in [0.15, 0.2) is 35.5 Å². The van der Waals surface area contributed by atoms with Gasteiger partial charge in [-0.2, -0.15) is 0 Å². The molecule has 0 radical (unpaired) electrons. The van der Waals surface area contributed by atoms with Crippen LogP contribution in [0.25, 0.3) is 0 Å². The normalized spacial score (nSPS) is 18.8. The van der Waals surface area contributed by atoms with Crippen molar-refractivity contribution in [1.29, 1.82) is 0 Å². The molecule has 1 atom stereocenters.